The molecule has 23 heavy (non-hydrogen) atoms. The number of rotatable bonds is 1. The quantitative estimate of drug-likeness (QED) is 0.524. The lowest BCUT2D eigenvalue weighted by atomic mass is 9.87. The summed E-state index contributed by atoms with van der Waals surface area (Å²) >= 11 is 3.76. The molecule has 1 aliphatic rings. The van der Waals surface area contributed by atoms with E-state index in [1.807, 2.05) is 6.20 Å². The van der Waals surface area contributed by atoms with Crippen LogP contribution in [-0.4, -0.2) is 9.55 Å². The molecule has 4 rings (SSSR count). The van der Waals surface area contributed by atoms with E-state index in [9.17, 15) is 0 Å². The molecule has 0 bridgehead atoms. The Morgan fingerprint density at radius 1 is 1.13 bits per heavy atom. The van der Waals surface area contributed by atoms with Crippen molar-refractivity contribution < 1.29 is 0 Å². The molecule has 3 heteroatoms. The van der Waals surface area contributed by atoms with Crippen LogP contribution in [0.2, 0.25) is 0 Å². The Labute approximate surface area is 145 Å². The van der Waals surface area contributed by atoms with Crippen molar-refractivity contribution in [1.29, 1.82) is 0 Å². The summed E-state index contributed by atoms with van der Waals surface area (Å²) in [5, 5.41) is 0. The molecule has 0 radical (unpaired) electrons. The summed E-state index contributed by atoms with van der Waals surface area (Å²) in [6.45, 7) is 6.80. The van der Waals surface area contributed by atoms with Gasteiger partial charge in [0.15, 0.2) is 0 Å². The van der Waals surface area contributed by atoms with E-state index in [1.165, 1.54) is 27.9 Å². The predicted molar refractivity (Wildman–Crippen MR) is 98.3 cm³/mol. The van der Waals surface area contributed by atoms with Crippen LogP contribution in [0.15, 0.2) is 53.3 Å². The molecule has 0 fully saturated rings. The average molecular weight is 367 g/mol. The first-order chi connectivity index (χ1) is 11.1. The monoisotopic (exact) mass is 366 g/mol. The summed E-state index contributed by atoms with van der Waals surface area (Å²) in [6, 6.07) is 13.1. The van der Waals surface area contributed by atoms with E-state index in [0.717, 1.165) is 10.3 Å². The van der Waals surface area contributed by atoms with Crippen LogP contribution in [0.3, 0.4) is 0 Å². The van der Waals surface area contributed by atoms with Gasteiger partial charge in [-0.2, -0.15) is 0 Å². The van der Waals surface area contributed by atoms with Crippen molar-refractivity contribution >= 4 is 15.9 Å². The number of nitrogens with zero attached hydrogens (tertiary/aromatic N) is 2. The number of imidazole rings is 1. The van der Waals surface area contributed by atoms with Gasteiger partial charge in [0.1, 0.15) is 5.82 Å². The van der Waals surface area contributed by atoms with Crippen LogP contribution in [0, 0.1) is 0 Å². The summed E-state index contributed by atoms with van der Waals surface area (Å²) < 4.78 is 3.42. The number of halogens is 1. The second-order valence-electron chi connectivity index (χ2n) is 6.48. The van der Waals surface area contributed by atoms with Gasteiger partial charge >= 0.3 is 0 Å². The minimum absolute atomic E-state index is 0.316. The molecule has 2 nitrogen and oxygen atoms in total. The normalized spacial score (nSPS) is 15.8. The lowest BCUT2D eigenvalue weighted by molar-refractivity contribution is 0.831. The first-order valence-electron chi connectivity index (χ1n) is 8.05. The fraction of sp³-hybridized carbons (Fsp3) is 0.250. The molecular weight excluding hydrogens is 348 g/mol. The zero-order chi connectivity index (χ0) is 16.1. The Hall–Kier alpha value is -1.87. The van der Waals surface area contributed by atoms with E-state index in [0.29, 0.717) is 11.8 Å². The Bertz CT molecular complexity index is 892. The van der Waals surface area contributed by atoms with E-state index < -0.39 is 0 Å². The average Bonchev–Trinajstić information content (AvgIpc) is 2.98. The Morgan fingerprint density at radius 3 is 2.70 bits per heavy atom. The van der Waals surface area contributed by atoms with Crippen LogP contribution in [0.1, 0.15) is 49.3 Å². The van der Waals surface area contributed by atoms with Crippen molar-refractivity contribution in [2.24, 2.45) is 0 Å². The van der Waals surface area contributed by atoms with Gasteiger partial charge in [-0.25, -0.2) is 4.98 Å². The number of fused-ring (bicyclic) bond motifs is 5. The van der Waals surface area contributed by atoms with E-state index in [4.69, 9.17) is 0 Å². The van der Waals surface area contributed by atoms with Gasteiger partial charge < -0.3 is 0 Å². The third-order valence-electron chi connectivity index (χ3n) is 4.80. The van der Waals surface area contributed by atoms with Crippen molar-refractivity contribution in [1.82, 2.24) is 9.55 Å². The molecule has 0 saturated carbocycles. The highest BCUT2D eigenvalue weighted by Gasteiger charge is 2.28. The molecule has 1 aliphatic heterocycles. The van der Waals surface area contributed by atoms with Crippen molar-refractivity contribution in [3.8, 4) is 17.1 Å². The minimum atomic E-state index is 0.316. The summed E-state index contributed by atoms with van der Waals surface area (Å²) in [6.07, 6.45) is 3.99. The molecule has 1 unspecified atom stereocenters. The second kappa shape index (κ2) is 5.34. The zero-order valence-electron chi connectivity index (χ0n) is 13.5. The standard InChI is InChI=1S/C20H19BrN2/c1-12(2)14-6-4-7-15-13(3)18-16(8-5-9-17(18)21)20-22-10-11-23(20)19(14)15/h4-13H,1-3H3. The molecule has 0 aliphatic carbocycles. The van der Waals surface area contributed by atoms with Crippen LogP contribution in [-0.2, 0) is 0 Å². The lowest BCUT2D eigenvalue weighted by Gasteiger charge is -2.20. The highest BCUT2D eigenvalue weighted by atomic mass is 79.9. The van der Waals surface area contributed by atoms with Crippen LogP contribution in [0.5, 0.6) is 0 Å². The van der Waals surface area contributed by atoms with Crippen molar-refractivity contribution in [3.05, 3.63) is 70.0 Å². The van der Waals surface area contributed by atoms with Gasteiger partial charge in [0.2, 0.25) is 0 Å². The molecule has 2 aromatic carbocycles. The third-order valence-corrected chi connectivity index (χ3v) is 5.49. The first kappa shape index (κ1) is 14.7. The molecule has 0 saturated heterocycles. The van der Waals surface area contributed by atoms with Gasteiger partial charge in [0.05, 0.1) is 5.69 Å². The smallest absolute Gasteiger partial charge is 0.144 e. The molecule has 2 heterocycles. The minimum Gasteiger partial charge on any atom is -0.299 e. The Morgan fingerprint density at radius 2 is 1.91 bits per heavy atom. The molecule has 3 aromatic rings. The van der Waals surface area contributed by atoms with Gasteiger partial charge in [-0.1, -0.05) is 67.0 Å². The number of hydrogen-bond donors (Lipinski definition) is 0. The Kier molecular flexibility index (Phi) is 3.42. The van der Waals surface area contributed by atoms with Gasteiger partial charge in [0.25, 0.3) is 0 Å². The predicted octanol–water partition coefficient (Wildman–Crippen LogP) is 5.89. The van der Waals surface area contributed by atoms with Gasteiger partial charge in [-0.15, -0.1) is 0 Å². The third kappa shape index (κ3) is 2.10. The zero-order valence-corrected chi connectivity index (χ0v) is 15.1. The highest BCUT2D eigenvalue weighted by Crippen LogP contribution is 2.44. The number of aromatic nitrogens is 2. The number of hydrogen-bond acceptors (Lipinski definition) is 1. The molecule has 0 amide bonds. The van der Waals surface area contributed by atoms with Crippen LogP contribution < -0.4 is 0 Å². The van der Waals surface area contributed by atoms with Gasteiger partial charge in [-0.05, 0) is 28.7 Å². The number of benzene rings is 2. The molecule has 0 N–H and O–H groups in total. The maximum Gasteiger partial charge on any atom is 0.144 e. The summed E-state index contributed by atoms with van der Waals surface area (Å²) in [4.78, 5) is 4.68. The molecule has 1 aromatic heterocycles. The number of para-hydroxylation sites is 1. The van der Waals surface area contributed by atoms with Crippen molar-refractivity contribution in [3.63, 3.8) is 0 Å². The maximum absolute atomic E-state index is 4.68. The Balaban J connectivity index is 2.16. The molecule has 0 spiro atoms. The fourth-order valence-electron chi connectivity index (χ4n) is 3.68. The van der Waals surface area contributed by atoms with Crippen molar-refractivity contribution in [2.75, 3.05) is 0 Å². The summed E-state index contributed by atoms with van der Waals surface area (Å²) in [5.74, 6) is 1.81. The summed E-state index contributed by atoms with van der Waals surface area (Å²) in [7, 11) is 0. The molecular formula is C20H19BrN2. The second-order valence-corrected chi connectivity index (χ2v) is 7.34. The van der Waals surface area contributed by atoms with E-state index in [1.54, 1.807) is 0 Å². The lowest BCUT2D eigenvalue weighted by Crippen LogP contribution is -2.06. The molecule has 1 atom stereocenters. The van der Waals surface area contributed by atoms with Crippen LogP contribution >= 0.6 is 15.9 Å². The van der Waals surface area contributed by atoms with Gasteiger partial charge in [0, 0.05) is 28.3 Å². The van der Waals surface area contributed by atoms with Crippen LogP contribution in [0.25, 0.3) is 17.1 Å². The fourth-order valence-corrected chi connectivity index (χ4v) is 4.39. The van der Waals surface area contributed by atoms with E-state index >= 15 is 0 Å². The van der Waals surface area contributed by atoms with Crippen LogP contribution in [0.4, 0.5) is 0 Å². The topological polar surface area (TPSA) is 17.8 Å². The van der Waals surface area contributed by atoms with Gasteiger partial charge in [-0.3, -0.25) is 4.57 Å². The van der Waals surface area contributed by atoms with Crippen molar-refractivity contribution in [2.45, 2.75) is 32.6 Å². The van der Waals surface area contributed by atoms with E-state index in [2.05, 4.69) is 88.8 Å². The summed E-state index contributed by atoms with van der Waals surface area (Å²) in [5.41, 5.74) is 6.56. The molecule has 116 valence electrons. The van der Waals surface area contributed by atoms with E-state index in [-0.39, 0.29) is 0 Å². The highest BCUT2D eigenvalue weighted by molar-refractivity contribution is 9.10. The SMILES string of the molecule is CC(C)c1cccc2c1-n1ccnc1-c1cccc(Br)c1C2C. The largest absolute Gasteiger partial charge is 0.299 e. The maximum atomic E-state index is 4.68. The first-order valence-corrected chi connectivity index (χ1v) is 8.84.